The number of benzene rings is 1. The predicted molar refractivity (Wildman–Crippen MR) is 93.0 cm³/mol. The molecule has 0 unspecified atom stereocenters. The van der Waals surface area contributed by atoms with Crippen molar-refractivity contribution in [3.8, 4) is 0 Å². The van der Waals surface area contributed by atoms with Crippen molar-refractivity contribution >= 4 is 10.9 Å². The fraction of sp³-hybridized carbons (Fsp3) is 0.263. The van der Waals surface area contributed by atoms with Gasteiger partial charge in [0.1, 0.15) is 11.5 Å². The van der Waals surface area contributed by atoms with E-state index in [1.165, 1.54) is 5.39 Å². The molecule has 3 heterocycles. The lowest BCUT2D eigenvalue weighted by Gasteiger charge is -2.05. The van der Waals surface area contributed by atoms with E-state index >= 15 is 0 Å². The predicted octanol–water partition coefficient (Wildman–Crippen LogP) is 4.06. The van der Waals surface area contributed by atoms with Gasteiger partial charge in [0.25, 0.3) is 0 Å². The topological polar surface area (TPSA) is 59.6 Å². The molecule has 122 valence electrons. The Morgan fingerprint density at radius 3 is 2.88 bits per heavy atom. The highest BCUT2D eigenvalue weighted by Gasteiger charge is 2.13. The lowest BCUT2D eigenvalue weighted by atomic mass is 10.0. The van der Waals surface area contributed by atoms with Gasteiger partial charge in [-0.1, -0.05) is 30.3 Å². The second kappa shape index (κ2) is 6.00. The van der Waals surface area contributed by atoms with Crippen molar-refractivity contribution in [2.45, 2.75) is 32.7 Å². The maximum absolute atomic E-state index is 5.69. The third-order valence-corrected chi connectivity index (χ3v) is 4.27. The Bertz CT molecular complexity index is 929. The summed E-state index contributed by atoms with van der Waals surface area (Å²) in [6.07, 6.45) is 2.83. The van der Waals surface area contributed by atoms with Gasteiger partial charge in [-0.15, -0.1) is 5.10 Å². The number of para-hydroxylation sites is 1. The highest BCUT2D eigenvalue weighted by molar-refractivity contribution is 5.80. The van der Waals surface area contributed by atoms with Crippen LogP contribution >= 0.6 is 0 Å². The molecule has 0 bridgehead atoms. The molecule has 1 N–H and O–H groups in total. The molecule has 0 aliphatic carbocycles. The number of furan rings is 1. The summed E-state index contributed by atoms with van der Waals surface area (Å²) in [6, 6.07) is 14.5. The van der Waals surface area contributed by atoms with E-state index in [1.54, 1.807) is 0 Å². The maximum Gasteiger partial charge on any atom is 0.107 e. The molecule has 0 aliphatic rings. The molecule has 0 saturated carbocycles. The number of aromatic nitrogens is 4. The first-order chi connectivity index (χ1) is 11.7. The normalized spacial score (nSPS) is 12.8. The van der Waals surface area contributed by atoms with Crippen molar-refractivity contribution in [2.24, 2.45) is 0 Å². The highest BCUT2D eigenvalue weighted by Crippen LogP contribution is 2.21. The molecule has 0 fully saturated rings. The first kappa shape index (κ1) is 14.8. The summed E-state index contributed by atoms with van der Waals surface area (Å²) in [7, 11) is 0. The van der Waals surface area contributed by atoms with Crippen LogP contribution in [0.4, 0.5) is 0 Å². The van der Waals surface area contributed by atoms with Crippen LogP contribution in [0.3, 0.4) is 0 Å². The molecule has 4 rings (SSSR count). The fourth-order valence-electron chi connectivity index (χ4n) is 3.04. The summed E-state index contributed by atoms with van der Waals surface area (Å²) in [4.78, 5) is 3.42. The third kappa shape index (κ3) is 2.97. The van der Waals surface area contributed by atoms with Crippen molar-refractivity contribution in [1.82, 2.24) is 20.0 Å². The molecule has 0 spiro atoms. The largest absolute Gasteiger partial charge is 0.466 e. The van der Waals surface area contributed by atoms with Gasteiger partial charge in [-0.3, -0.25) is 0 Å². The number of rotatable bonds is 5. The Morgan fingerprint density at radius 2 is 2.08 bits per heavy atom. The number of nitrogens with one attached hydrogen (secondary N) is 1. The third-order valence-electron chi connectivity index (χ3n) is 4.27. The van der Waals surface area contributed by atoms with Gasteiger partial charge in [0.15, 0.2) is 0 Å². The summed E-state index contributed by atoms with van der Waals surface area (Å²) in [5.74, 6) is 2.23. The average Bonchev–Trinajstić information content (AvgIpc) is 3.27. The zero-order valence-electron chi connectivity index (χ0n) is 13.9. The Hall–Kier alpha value is -2.82. The van der Waals surface area contributed by atoms with Crippen LogP contribution in [0.15, 0.2) is 53.1 Å². The van der Waals surface area contributed by atoms with E-state index in [9.17, 15) is 0 Å². The second-order valence-electron chi connectivity index (χ2n) is 6.34. The summed E-state index contributed by atoms with van der Waals surface area (Å²) >= 11 is 0. The molecule has 0 radical (unpaired) electrons. The molecule has 3 aromatic heterocycles. The van der Waals surface area contributed by atoms with Crippen LogP contribution < -0.4 is 0 Å². The van der Waals surface area contributed by atoms with Crippen LogP contribution in [0, 0.1) is 6.92 Å². The molecular weight excluding hydrogens is 300 g/mol. The van der Waals surface area contributed by atoms with E-state index in [-0.39, 0.29) is 5.92 Å². The maximum atomic E-state index is 5.69. The van der Waals surface area contributed by atoms with Gasteiger partial charge >= 0.3 is 0 Å². The van der Waals surface area contributed by atoms with Crippen molar-refractivity contribution in [1.29, 1.82) is 0 Å². The molecule has 0 saturated heterocycles. The van der Waals surface area contributed by atoms with Crippen LogP contribution in [-0.4, -0.2) is 20.0 Å². The molecule has 0 amide bonds. The fourth-order valence-corrected chi connectivity index (χ4v) is 3.04. The first-order valence-corrected chi connectivity index (χ1v) is 8.19. The quantitative estimate of drug-likeness (QED) is 0.603. The van der Waals surface area contributed by atoms with Crippen molar-refractivity contribution in [2.75, 3.05) is 0 Å². The van der Waals surface area contributed by atoms with E-state index in [2.05, 4.69) is 40.4 Å². The molecule has 4 aromatic rings. The Labute approximate surface area is 140 Å². The molecule has 0 aliphatic heterocycles. The molecule has 1 aromatic carbocycles. The van der Waals surface area contributed by atoms with Gasteiger partial charge in [-0.25, -0.2) is 4.68 Å². The summed E-state index contributed by atoms with van der Waals surface area (Å²) in [6.45, 7) is 4.80. The Morgan fingerprint density at radius 1 is 1.21 bits per heavy atom. The molecule has 1 atom stereocenters. The number of H-pyrrole nitrogens is 1. The highest BCUT2D eigenvalue weighted by atomic mass is 16.3. The second-order valence-corrected chi connectivity index (χ2v) is 6.34. The molecule has 5 nitrogen and oxygen atoms in total. The average molecular weight is 320 g/mol. The number of hydrogen-bond acceptors (Lipinski definition) is 3. The summed E-state index contributed by atoms with van der Waals surface area (Å²) < 4.78 is 7.57. The Kier molecular flexibility index (Phi) is 3.69. The van der Waals surface area contributed by atoms with E-state index in [4.69, 9.17) is 4.42 Å². The monoisotopic (exact) mass is 320 g/mol. The van der Waals surface area contributed by atoms with Crippen LogP contribution in [0.2, 0.25) is 0 Å². The van der Waals surface area contributed by atoms with Crippen LogP contribution in [0.25, 0.3) is 10.9 Å². The number of nitrogens with zero attached hydrogens (tertiary/aromatic N) is 3. The first-order valence-electron chi connectivity index (χ1n) is 8.19. The van der Waals surface area contributed by atoms with E-state index in [0.29, 0.717) is 6.54 Å². The van der Waals surface area contributed by atoms with Gasteiger partial charge in [0.2, 0.25) is 0 Å². The van der Waals surface area contributed by atoms with Gasteiger partial charge in [-0.2, -0.15) is 0 Å². The number of aromatic amines is 1. The molecule has 24 heavy (non-hydrogen) atoms. The summed E-state index contributed by atoms with van der Waals surface area (Å²) in [5.41, 5.74) is 3.25. The minimum atomic E-state index is 0.289. The van der Waals surface area contributed by atoms with Gasteiger partial charge < -0.3 is 9.40 Å². The van der Waals surface area contributed by atoms with Gasteiger partial charge in [0, 0.05) is 29.7 Å². The molecular formula is C19H20N4O. The van der Waals surface area contributed by atoms with Crippen LogP contribution in [0.5, 0.6) is 0 Å². The van der Waals surface area contributed by atoms with E-state index in [0.717, 1.165) is 34.8 Å². The van der Waals surface area contributed by atoms with Crippen molar-refractivity contribution < 1.29 is 4.42 Å². The molecule has 5 heteroatoms. The number of fused-ring (bicyclic) bond motifs is 1. The van der Waals surface area contributed by atoms with Gasteiger partial charge in [0.05, 0.1) is 12.2 Å². The van der Waals surface area contributed by atoms with Crippen molar-refractivity contribution in [3.05, 3.63) is 71.6 Å². The van der Waals surface area contributed by atoms with Crippen LogP contribution in [-0.2, 0) is 13.0 Å². The van der Waals surface area contributed by atoms with Crippen LogP contribution in [0.1, 0.15) is 35.7 Å². The van der Waals surface area contributed by atoms with Gasteiger partial charge in [-0.05, 0) is 36.6 Å². The number of hydrogen-bond donors (Lipinski definition) is 1. The minimum Gasteiger partial charge on any atom is -0.466 e. The zero-order valence-corrected chi connectivity index (χ0v) is 13.9. The zero-order chi connectivity index (χ0) is 16.5. The Balaban J connectivity index is 1.46. The van der Waals surface area contributed by atoms with E-state index < -0.39 is 0 Å². The SMILES string of the molecule is Cc1ccc([C@H](C)Cc2cn(Cc3cc4ccccc4[nH]3)nn2)o1. The lowest BCUT2D eigenvalue weighted by molar-refractivity contribution is 0.450. The smallest absolute Gasteiger partial charge is 0.107 e. The van der Waals surface area contributed by atoms with E-state index in [1.807, 2.05) is 42.1 Å². The minimum absolute atomic E-state index is 0.289. The lowest BCUT2D eigenvalue weighted by Crippen LogP contribution is -2.00. The summed E-state index contributed by atoms with van der Waals surface area (Å²) in [5, 5.41) is 9.76. The number of aryl methyl sites for hydroxylation is 1. The van der Waals surface area contributed by atoms with Crippen molar-refractivity contribution in [3.63, 3.8) is 0 Å². The standard InChI is InChI=1S/C19H20N4O/c1-13(19-8-7-14(2)24-19)9-17-12-23(22-21-17)11-16-10-15-5-3-4-6-18(15)20-16/h3-8,10,12-13,20H,9,11H2,1-2H3/t13-/m1/s1.